The lowest BCUT2D eigenvalue weighted by atomic mass is 9.78. The number of aliphatic carboxylic acids is 2. The summed E-state index contributed by atoms with van der Waals surface area (Å²) >= 11 is 0. The summed E-state index contributed by atoms with van der Waals surface area (Å²) in [6.45, 7) is 7.67. The van der Waals surface area contributed by atoms with Crippen LogP contribution in [0.15, 0.2) is 12.3 Å². The SMILES string of the molecule is C=C(COCCOCCNC(=O)COCCOCCNC(=O)CC[C@H](CC(=O)[C@H]1CC[C@H](CNC(=O)CCCCCCCCCCCCCCCCCCC(=O)O)CC1)C(=O)O)NCCCC[C@H](NC)C(N)=O. The maximum Gasteiger partial charge on any atom is 0.306 e. The minimum absolute atomic E-state index is 0.0206. The van der Waals surface area contributed by atoms with Gasteiger partial charge in [-0.05, 0) is 77.2 Å². The molecule has 19 nitrogen and oxygen atoms in total. The molecule has 0 bridgehead atoms. The first-order valence-corrected chi connectivity index (χ1v) is 27.8. The lowest BCUT2D eigenvalue weighted by Gasteiger charge is -2.28. The normalized spacial score (nSPS) is 15.2. The average molecular weight is 1040 g/mol. The lowest BCUT2D eigenvalue weighted by molar-refractivity contribution is -0.145. The maximum atomic E-state index is 13.1. The number of nitrogens with two attached hydrogens (primary N) is 1. The van der Waals surface area contributed by atoms with Crippen molar-refractivity contribution in [3.8, 4) is 0 Å². The molecule has 1 saturated carbocycles. The zero-order valence-corrected chi connectivity index (χ0v) is 44.8. The highest BCUT2D eigenvalue weighted by Crippen LogP contribution is 2.31. The smallest absolute Gasteiger partial charge is 0.306 e. The van der Waals surface area contributed by atoms with E-state index in [0.29, 0.717) is 77.5 Å². The fraction of sp³-hybridized carbons (Fsp3) is 0.833. The summed E-state index contributed by atoms with van der Waals surface area (Å²) in [5, 5.41) is 33.1. The second-order valence-corrected chi connectivity index (χ2v) is 19.6. The van der Waals surface area contributed by atoms with Gasteiger partial charge in [0.15, 0.2) is 0 Å². The number of hydrogen-bond donors (Lipinski definition) is 8. The van der Waals surface area contributed by atoms with E-state index in [1.807, 2.05) is 0 Å². The highest BCUT2D eigenvalue weighted by Gasteiger charge is 2.30. The molecule has 1 fully saturated rings. The molecule has 73 heavy (non-hydrogen) atoms. The summed E-state index contributed by atoms with van der Waals surface area (Å²) in [7, 11) is 1.72. The van der Waals surface area contributed by atoms with Crippen LogP contribution in [0.4, 0.5) is 0 Å². The van der Waals surface area contributed by atoms with E-state index in [-0.39, 0.29) is 93.6 Å². The number of hydrogen-bond acceptors (Lipinski definition) is 13. The minimum Gasteiger partial charge on any atom is -0.481 e. The van der Waals surface area contributed by atoms with E-state index in [0.717, 1.165) is 76.5 Å². The first-order chi connectivity index (χ1) is 35.3. The number of amides is 4. The molecule has 1 aliphatic carbocycles. The fourth-order valence-electron chi connectivity index (χ4n) is 8.78. The van der Waals surface area contributed by atoms with Crippen LogP contribution in [-0.2, 0) is 52.5 Å². The number of Topliss-reactive ketones (excluding diaryl/α,β-unsaturated/α-hetero) is 1. The molecule has 422 valence electrons. The highest BCUT2D eigenvalue weighted by molar-refractivity contribution is 5.86. The molecule has 0 aromatic carbocycles. The first kappa shape index (κ1) is 66.8. The Balaban J connectivity index is 1.97. The molecule has 0 aromatic heterocycles. The number of carbonyl (C=O) groups excluding carboxylic acids is 5. The van der Waals surface area contributed by atoms with Crippen molar-refractivity contribution < 1.29 is 62.7 Å². The topological polar surface area (TPSA) is 283 Å². The van der Waals surface area contributed by atoms with Gasteiger partial charge in [-0.3, -0.25) is 33.6 Å². The predicted molar refractivity (Wildman–Crippen MR) is 282 cm³/mol. The van der Waals surface area contributed by atoms with E-state index < -0.39 is 17.9 Å². The predicted octanol–water partition coefficient (Wildman–Crippen LogP) is 6.10. The summed E-state index contributed by atoms with van der Waals surface area (Å²) in [6.07, 6.45) is 25.0. The Morgan fingerprint density at radius 3 is 1.55 bits per heavy atom. The van der Waals surface area contributed by atoms with Crippen LogP contribution in [0, 0.1) is 17.8 Å². The lowest BCUT2D eigenvalue weighted by Crippen LogP contribution is -2.39. The van der Waals surface area contributed by atoms with E-state index >= 15 is 0 Å². The van der Waals surface area contributed by atoms with Gasteiger partial charge in [0, 0.05) is 63.5 Å². The molecule has 4 amide bonds. The van der Waals surface area contributed by atoms with Crippen molar-refractivity contribution >= 4 is 41.4 Å². The number of nitrogens with one attached hydrogen (secondary N) is 5. The van der Waals surface area contributed by atoms with Crippen LogP contribution in [-0.4, -0.2) is 144 Å². The second kappa shape index (κ2) is 46.4. The number of ketones is 1. The summed E-state index contributed by atoms with van der Waals surface area (Å²) in [4.78, 5) is 83.7. The van der Waals surface area contributed by atoms with Gasteiger partial charge in [-0.1, -0.05) is 96.5 Å². The Hall–Kier alpha value is -4.17. The summed E-state index contributed by atoms with van der Waals surface area (Å²) in [5.74, 6) is -3.54. The first-order valence-electron chi connectivity index (χ1n) is 27.8. The van der Waals surface area contributed by atoms with Gasteiger partial charge in [0.1, 0.15) is 12.4 Å². The van der Waals surface area contributed by atoms with Crippen molar-refractivity contribution in [1.82, 2.24) is 26.6 Å². The molecule has 1 rings (SSSR count). The molecule has 19 heteroatoms. The third-order valence-electron chi connectivity index (χ3n) is 13.3. The van der Waals surface area contributed by atoms with Crippen LogP contribution in [0.25, 0.3) is 0 Å². The van der Waals surface area contributed by atoms with Gasteiger partial charge in [0.25, 0.3) is 0 Å². The summed E-state index contributed by atoms with van der Waals surface area (Å²) < 4.78 is 21.8. The molecule has 0 spiro atoms. The fourth-order valence-corrected chi connectivity index (χ4v) is 8.78. The highest BCUT2D eigenvalue weighted by atomic mass is 16.5. The second-order valence-electron chi connectivity index (χ2n) is 19.6. The third-order valence-corrected chi connectivity index (χ3v) is 13.3. The Morgan fingerprint density at radius 2 is 1.03 bits per heavy atom. The van der Waals surface area contributed by atoms with E-state index in [1.165, 1.54) is 64.2 Å². The van der Waals surface area contributed by atoms with Gasteiger partial charge in [-0.15, -0.1) is 0 Å². The van der Waals surface area contributed by atoms with Gasteiger partial charge < -0.3 is 61.5 Å². The third kappa shape index (κ3) is 40.8. The number of primary amides is 1. The van der Waals surface area contributed by atoms with Gasteiger partial charge in [0.05, 0.1) is 58.2 Å². The van der Waals surface area contributed by atoms with Crippen molar-refractivity contribution in [3.05, 3.63) is 12.3 Å². The molecule has 2 atom stereocenters. The van der Waals surface area contributed by atoms with Crippen molar-refractivity contribution in [3.63, 3.8) is 0 Å². The minimum atomic E-state index is -1.09. The molecular weight excluding hydrogens is 941 g/mol. The molecule has 9 N–H and O–H groups in total. The zero-order valence-electron chi connectivity index (χ0n) is 44.8. The molecule has 1 aliphatic rings. The molecule has 0 radical (unpaired) electrons. The monoisotopic (exact) mass is 1040 g/mol. The molecule has 0 aliphatic heterocycles. The molecule has 0 unspecified atom stereocenters. The molecular formula is C54H98N6O13. The average Bonchev–Trinajstić information content (AvgIpc) is 3.36. The number of carboxylic acids is 2. The zero-order chi connectivity index (χ0) is 53.6. The van der Waals surface area contributed by atoms with E-state index in [4.69, 9.17) is 29.8 Å². The van der Waals surface area contributed by atoms with Crippen LogP contribution >= 0.6 is 0 Å². The van der Waals surface area contributed by atoms with Crippen LogP contribution in [0.2, 0.25) is 0 Å². The number of carboxylic acid groups (broad SMARTS) is 2. The Morgan fingerprint density at radius 1 is 0.534 bits per heavy atom. The van der Waals surface area contributed by atoms with Crippen molar-refractivity contribution in [1.29, 1.82) is 0 Å². The number of likely N-dealkylation sites (N-methyl/N-ethyl adjacent to an activating group) is 1. The largest absolute Gasteiger partial charge is 0.481 e. The quantitative estimate of drug-likeness (QED) is 0.0320. The Kier molecular flexibility index (Phi) is 42.5. The van der Waals surface area contributed by atoms with Crippen LogP contribution in [0.3, 0.4) is 0 Å². The van der Waals surface area contributed by atoms with Crippen molar-refractivity contribution in [2.24, 2.45) is 23.5 Å². The molecule has 0 aromatic rings. The Bertz CT molecular complexity index is 1510. The van der Waals surface area contributed by atoms with E-state index in [1.54, 1.807) is 7.05 Å². The van der Waals surface area contributed by atoms with Crippen LogP contribution < -0.4 is 32.3 Å². The van der Waals surface area contributed by atoms with Gasteiger partial charge in [-0.2, -0.15) is 0 Å². The van der Waals surface area contributed by atoms with Crippen LogP contribution in [0.5, 0.6) is 0 Å². The standard InChI is InChI=1S/C54H98N6O13/c1-43(57-30-20-19-21-47(56-2)53(55)67)41-72-37-35-71-34-32-59-51(64)42-73-38-36-70-33-31-58-50(63)29-28-46(54(68)69)39-48(61)45-26-24-44(25-27-45)40-60-49(62)22-17-15-13-11-9-7-5-3-4-6-8-10-12-14-16-18-23-52(65)66/h44-47,56-57H,1,3-42H2,2H3,(H2,55,67)(H,58,63)(H,59,64)(H,60,62)(H,65,66)(H,68,69)/t44-,45-,46-,47+/m1/s1. The van der Waals surface area contributed by atoms with Crippen molar-refractivity contribution in [2.75, 3.05) is 86.1 Å². The number of carbonyl (C=O) groups is 7. The van der Waals surface area contributed by atoms with Crippen LogP contribution in [0.1, 0.15) is 180 Å². The number of ether oxygens (including phenoxy) is 4. The molecule has 0 saturated heterocycles. The summed E-state index contributed by atoms with van der Waals surface area (Å²) in [6, 6.07) is -0.314. The number of rotatable bonds is 52. The van der Waals surface area contributed by atoms with Gasteiger partial charge in [0.2, 0.25) is 23.6 Å². The van der Waals surface area contributed by atoms with Gasteiger partial charge >= 0.3 is 11.9 Å². The van der Waals surface area contributed by atoms with Gasteiger partial charge in [-0.25, -0.2) is 0 Å². The van der Waals surface area contributed by atoms with E-state index in [9.17, 15) is 38.7 Å². The maximum absolute atomic E-state index is 13.1. The van der Waals surface area contributed by atoms with E-state index in [2.05, 4.69) is 33.2 Å². The summed E-state index contributed by atoms with van der Waals surface area (Å²) in [5.41, 5.74) is 6.08. The number of unbranched alkanes of at least 4 members (excludes halogenated alkanes) is 16. The molecule has 0 heterocycles. The Labute approximate surface area is 437 Å². The van der Waals surface area contributed by atoms with Crippen molar-refractivity contribution in [2.45, 2.75) is 186 Å².